The minimum Gasteiger partial charge on any atom is -0.507 e. The van der Waals surface area contributed by atoms with E-state index in [0.717, 1.165) is 0 Å². The molecule has 2 N–H and O–H groups in total. The number of halogens is 1. The lowest BCUT2D eigenvalue weighted by Crippen LogP contribution is -2.13. The Hall–Kier alpha value is -2.58. The third-order valence-electron chi connectivity index (χ3n) is 3.30. The maximum atomic E-state index is 12.5. The number of phenols is 1. The molecule has 0 unspecified atom stereocenters. The van der Waals surface area contributed by atoms with Crippen LogP contribution in [0.15, 0.2) is 53.7 Å². The van der Waals surface area contributed by atoms with Crippen LogP contribution in [0.3, 0.4) is 0 Å². The van der Waals surface area contributed by atoms with Gasteiger partial charge in [-0.05, 0) is 30.3 Å². The highest BCUT2D eigenvalue weighted by Crippen LogP contribution is 2.28. The molecule has 9 heteroatoms. The number of anilines is 1. The highest BCUT2D eigenvalue weighted by Gasteiger charge is 2.19. The van der Waals surface area contributed by atoms with E-state index in [1.54, 1.807) is 42.2 Å². The minimum absolute atomic E-state index is 0.209. The summed E-state index contributed by atoms with van der Waals surface area (Å²) in [5.41, 5.74) is 1.03. The molecule has 124 valence electrons. The molecule has 0 saturated carbocycles. The lowest BCUT2D eigenvalue weighted by molar-refractivity contribution is 0.459. The predicted octanol–water partition coefficient (Wildman–Crippen LogP) is 2.64. The summed E-state index contributed by atoms with van der Waals surface area (Å²) in [5.74, 6) is 0.220. The Bertz CT molecular complexity index is 1000. The molecule has 0 bridgehead atoms. The van der Waals surface area contributed by atoms with Crippen molar-refractivity contribution in [2.75, 3.05) is 4.72 Å². The number of aromatic nitrogens is 3. The van der Waals surface area contributed by atoms with Crippen molar-refractivity contribution in [1.29, 1.82) is 0 Å². The minimum atomic E-state index is -3.99. The quantitative estimate of drug-likeness (QED) is 0.741. The summed E-state index contributed by atoms with van der Waals surface area (Å²) in [6.45, 7) is 0. The summed E-state index contributed by atoms with van der Waals surface area (Å²) in [4.78, 5) is -0.293. The van der Waals surface area contributed by atoms with Crippen molar-refractivity contribution in [2.45, 2.75) is 4.90 Å². The van der Waals surface area contributed by atoms with E-state index >= 15 is 0 Å². The first-order valence-corrected chi connectivity index (χ1v) is 8.69. The van der Waals surface area contributed by atoms with Gasteiger partial charge < -0.3 is 9.67 Å². The van der Waals surface area contributed by atoms with Crippen molar-refractivity contribution >= 4 is 27.3 Å². The molecule has 24 heavy (non-hydrogen) atoms. The van der Waals surface area contributed by atoms with Crippen LogP contribution in [0.1, 0.15) is 0 Å². The largest absolute Gasteiger partial charge is 0.507 e. The zero-order valence-electron chi connectivity index (χ0n) is 12.5. The number of hydrogen-bond acceptors (Lipinski definition) is 5. The first-order valence-electron chi connectivity index (χ1n) is 6.82. The van der Waals surface area contributed by atoms with Crippen LogP contribution in [0.25, 0.3) is 11.4 Å². The molecule has 0 saturated heterocycles. The number of nitrogens with one attached hydrogen (secondary N) is 1. The number of hydrogen-bond donors (Lipinski definition) is 2. The monoisotopic (exact) mass is 364 g/mol. The Labute approximate surface area is 143 Å². The zero-order valence-corrected chi connectivity index (χ0v) is 14.1. The van der Waals surface area contributed by atoms with Crippen LogP contribution >= 0.6 is 11.6 Å². The molecule has 3 aromatic rings. The van der Waals surface area contributed by atoms with Gasteiger partial charge in [-0.3, -0.25) is 4.72 Å². The normalized spacial score (nSPS) is 11.4. The summed E-state index contributed by atoms with van der Waals surface area (Å²) in [6.07, 6.45) is 1.55. The van der Waals surface area contributed by atoms with Gasteiger partial charge in [-0.15, -0.1) is 10.2 Å². The van der Waals surface area contributed by atoms with Crippen molar-refractivity contribution < 1.29 is 13.5 Å². The molecule has 0 aliphatic carbocycles. The fourth-order valence-electron chi connectivity index (χ4n) is 2.18. The van der Waals surface area contributed by atoms with Gasteiger partial charge in [0.1, 0.15) is 17.0 Å². The molecule has 3 rings (SSSR count). The Balaban J connectivity index is 1.96. The van der Waals surface area contributed by atoms with Gasteiger partial charge in [-0.1, -0.05) is 23.7 Å². The average molecular weight is 365 g/mol. The van der Waals surface area contributed by atoms with Crippen LogP contribution in [0.4, 0.5) is 5.69 Å². The fourth-order valence-corrected chi connectivity index (χ4v) is 3.59. The number of sulfonamides is 1. The standard InChI is InChI=1S/C15H13ClN4O3S/c1-20-9-17-18-15(20)10-3-2-4-12(7-10)19-24(22,23)14-8-11(16)5-6-13(14)21/h2-9,19,21H,1H3. The van der Waals surface area contributed by atoms with Gasteiger partial charge in [-0.2, -0.15) is 0 Å². The third-order valence-corrected chi connectivity index (χ3v) is 4.94. The van der Waals surface area contributed by atoms with E-state index in [9.17, 15) is 13.5 Å². The molecule has 0 aliphatic heterocycles. The number of rotatable bonds is 4. The Kier molecular flexibility index (Phi) is 4.16. The van der Waals surface area contributed by atoms with Crippen molar-refractivity contribution in [3.8, 4) is 17.1 Å². The highest BCUT2D eigenvalue weighted by atomic mass is 35.5. The molecule has 0 fully saturated rings. The van der Waals surface area contributed by atoms with Crippen molar-refractivity contribution in [1.82, 2.24) is 14.8 Å². The second-order valence-electron chi connectivity index (χ2n) is 5.06. The number of aryl methyl sites for hydroxylation is 1. The van der Waals surface area contributed by atoms with Crippen molar-refractivity contribution in [3.05, 3.63) is 53.8 Å². The van der Waals surface area contributed by atoms with Crippen LogP contribution in [0.5, 0.6) is 5.75 Å². The van der Waals surface area contributed by atoms with E-state index in [-0.39, 0.29) is 15.7 Å². The van der Waals surface area contributed by atoms with Crippen LogP contribution in [0, 0.1) is 0 Å². The van der Waals surface area contributed by atoms with Crippen molar-refractivity contribution in [2.24, 2.45) is 7.05 Å². The first kappa shape index (κ1) is 16.3. The maximum Gasteiger partial charge on any atom is 0.265 e. The molecule has 2 aromatic carbocycles. The summed E-state index contributed by atoms with van der Waals surface area (Å²) >= 11 is 5.81. The van der Waals surface area contributed by atoms with E-state index in [4.69, 9.17) is 11.6 Å². The van der Waals surface area contributed by atoms with Crippen molar-refractivity contribution in [3.63, 3.8) is 0 Å². The number of benzene rings is 2. The van der Waals surface area contributed by atoms with Crippen LogP contribution < -0.4 is 4.72 Å². The van der Waals surface area contributed by atoms with Gasteiger partial charge >= 0.3 is 0 Å². The Morgan fingerprint density at radius 3 is 2.71 bits per heavy atom. The summed E-state index contributed by atoms with van der Waals surface area (Å²) in [5, 5.41) is 17.8. The van der Waals surface area contributed by atoms with Gasteiger partial charge in [0.25, 0.3) is 10.0 Å². The van der Waals surface area contributed by atoms with Crippen LogP contribution in [0.2, 0.25) is 5.02 Å². The SMILES string of the molecule is Cn1cnnc1-c1cccc(NS(=O)(=O)c2cc(Cl)ccc2O)c1. The molecule has 0 radical (unpaired) electrons. The first-order chi connectivity index (χ1) is 11.4. The fraction of sp³-hybridized carbons (Fsp3) is 0.0667. The smallest absolute Gasteiger partial charge is 0.265 e. The lowest BCUT2D eigenvalue weighted by atomic mass is 10.2. The highest BCUT2D eigenvalue weighted by molar-refractivity contribution is 7.92. The number of phenolic OH excluding ortho intramolecular Hbond substituents is 1. The molecular formula is C15H13ClN4O3S. The van der Waals surface area contributed by atoms with Gasteiger partial charge in [0.15, 0.2) is 5.82 Å². The molecule has 1 aromatic heterocycles. The predicted molar refractivity (Wildman–Crippen MR) is 90.4 cm³/mol. The molecule has 7 nitrogen and oxygen atoms in total. The molecule has 1 heterocycles. The van der Waals surface area contributed by atoms with Gasteiger partial charge in [0.05, 0.1) is 0 Å². The molecule has 0 amide bonds. The lowest BCUT2D eigenvalue weighted by Gasteiger charge is -2.11. The van der Waals surface area contributed by atoms with Gasteiger partial charge in [0, 0.05) is 23.3 Å². The molecular weight excluding hydrogens is 352 g/mol. The van der Waals surface area contributed by atoms with Gasteiger partial charge in [0.2, 0.25) is 0 Å². The van der Waals surface area contributed by atoms with E-state index in [2.05, 4.69) is 14.9 Å². The number of nitrogens with zero attached hydrogens (tertiary/aromatic N) is 3. The summed E-state index contributed by atoms with van der Waals surface area (Å²) in [6, 6.07) is 10.5. The molecule has 0 atom stereocenters. The van der Waals surface area contributed by atoms with Crippen LogP contribution in [-0.2, 0) is 17.1 Å². The number of aromatic hydroxyl groups is 1. The Morgan fingerprint density at radius 1 is 1.21 bits per heavy atom. The zero-order chi connectivity index (χ0) is 17.3. The third kappa shape index (κ3) is 3.19. The van der Waals surface area contributed by atoms with Crippen LogP contribution in [-0.4, -0.2) is 28.3 Å². The van der Waals surface area contributed by atoms with E-state index in [1.807, 2.05) is 0 Å². The maximum absolute atomic E-state index is 12.5. The summed E-state index contributed by atoms with van der Waals surface area (Å²) < 4.78 is 29.1. The molecule has 0 spiro atoms. The Morgan fingerprint density at radius 2 is 2.00 bits per heavy atom. The summed E-state index contributed by atoms with van der Waals surface area (Å²) in [7, 11) is -2.20. The topological polar surface area (TPSA) is 97.1 Å². The van der Waals surface area contributed by atoms with E-state index in [0.29, 0.717) is 17.1 Å². The second-order valence-corrected chi connectivity index (χ2v) is 7.15. The average Bonchev–Trinajstić information content (AvgIpc) is 2.95. The molecule has 0 aliphatic rings. The second kappa shape index (κ2) is 6.14. The van der Waals surface area contributed by atoms with E-state index in [1.165, 1.54) is 18.2 Å². The van der Waals surface area contributed by atoms with E-state index < -0.39 is 10.0 Å². The van der Waals surface area contributed by atoms with Gasteiger partial charge in [-0.25, -0.2) is 8.42 Å².